The van der Waals surface area contributed by atoms with Crippen LogP contribution in [-0.2, 0) is 4.79 Å². The third-order valence-corrected chi connectivity index (χ3v) is 4.95. The first kappa shape index (κ1) is 18.9. The summed E-state index contributed by atoms with van der Waals surface area (Å²) < 4.78 is 16.2. The molecule has 0 aliphatic carbocycles. The van der Waals surface area contributed by atoms with Gasteiger partial charge in [-0.2, -0.15) is 0 Å². The second-order valence-electron chi connectivity index (χ2n) is 6.86. The minimum absolute atomic E-state index is 0.222. The summed E-state index contributed by atoms with van der Waals surface area (Å²) in [6.07, 6.45) is 1.38. The van der Waals surface area contributed by atoms with Crippen LogP contribution in [-0.4, -0.2) is 49.7 Å². The molecule has 2 aliphatic heterocycles. The predicted molar refractivity (Wildman–Crippen MR) is 108 cm³/mol. The van der Waals surface area contributed by atoms with Gasteiger partial charge in [-0.15, -0.1) is 0 Å². The first-order valence-corrected chi connectivity index (χ1v) is 9.56. The number of anilines is 2. The lowest BCUT2D eigenvalue weighted by molar-refractivity contribution is -0.119. The van der Waals surface area contributed by atoms with Gasteiger partial charge in [0.25, 0.3) is 0 Å². The fraction of sp³-hybridized carbons (Fsp3) is 0.333. The van der Waals surface area contributed by atoms with Crippen LogP contribution in [0.1, 0.15) is 12.8 Å². The van der Waals surface area contributed by atoms with Crippen molar-refractivity contribution in [3.8, 4) is 17.2 Å². The molecule has 2 aromatic carbocycles. The standard InChI is InChI=1S/C21H23N3O5/c1-27-16-5-2-4-14(12-16)23-21(26)24-9-3-6-17(24)20(25)22-15-7-8-18-19(13-15)29-11-10-28-18/h2,4-5,7-8,12-13,17H,3,6,9-11H2,1H3,(H,22,25)(H,23,26)/t17-/m1/s1. The highest BCUT2D eigenvalue weighted by Crippen LogP contribution is 2.33. The van der Waals surface area contributed by atoms with E-state index in [2.05, 4.69) is 10.6 Å². The van der Waals surface area contributed by atoms with Crippen molar-refractivity contribution in [3.05, 3.63) is 42.5 Å². The Morgan fingerprint density at radius 2 is 1.83 bits per heavy atom. The second-order valence-corrected chi connectivity index (χ2v) is 6.86. The molecule has 1 fully saturated rings. The molecular formula is C21H23N3O5. The van der Waals surface area contributed by atoms with E-state index >= 15 is 0 Å². The average Bonchev–Trinajstić information content (AvgIpc) is 3.24. The fourth-order valence-electron chi connectivity index (χ4n) is 3.53. The van der Waals surface area contributed by atoms with Crippen molar-refractivity contribution in [2.45, 2.75) is 18.9 Å². The third-order valence-electron chi connectivity index (χ3n) is 4.95. The van der Waals surface area contributed by atoms with Crippen molar-refractivity contribution in [1.29, 1.82) is 0 Å². The molecule has 1 saturated heterocycles. The highest BCUT2D eigenvalue weighted by Gasteiger charge is 2.34. The lowest BCUT2D eigenvalue weighted by Gasteiger charge is -2.25. The van der Waals surface area contributed by atoms with Crippen LogP contribution in [0.4, 0.5) is 16.2 Å². The molecule has 0 bridgehead atoms. The van der Waals surface area contributed by atoms with Crippen LogP contribution in [0.2, 0.25) is 0 Å². The summed E-state index contributed by atoms with van der Waals surface area (Å²) in [5.74, 6) is 1.69. The summed E-state index contributed by atoms with van der Waals surface area (Å²) in [5.41, 5.74) is 1.23. The SMILES string of the molecule is COc1cccc(NC(=O)N2CCC[C@@H]2C(=O)Nc2ccc3c(c2)OCCO3)c1. The van der Waals surface area contributed by atoms with E-state index in [1.54, 1.807) is 54.5 Å². The molecule has 2 aromatic rings. The molecule has 0 unspecified atom stereocenters. The van der Waals surface area contributed by atoms with Crippen molar-refractivity contribution < 1.29 is 23.8 Å². The molecule has 0 spiro atoms. The maximum absolute atomic E-state index is 12.8. The number of amides is 3. The van der Waals surface area contributed by atoms with Crippen LogP contribution in [0.5, 0.6) is 17.2 Å². The zero-order valence-electron chi connectivity index (χ0n) is 16.1. The van der Waals surface area contributed by atoms with Gasteiger partial charge < -0.3 is 29.7 Å². The van der Waals surface area contributed by atoms with Crippen molar-refractivity contribution in [1.82, 2.24) is 4.90 Å². The number of nitrogens with one attached hydrogen (secondary N) is 2. The van der Waals surface area contributed by atoms with Crippen LogP contribution in [0.3, 0.4) is 0 Å². The van der Waals surface area contributed by atoms with E-state index in [9.17, 15) is 9.59 Å². The van der Waals surface area contributed by atoms with Gasteiger partial charge in [0, 0.05) is 30.1 Å². The number of hydrogen-bond donors (Lipinski definition) is 2. The number of nitrogens with zero attached hydrogens (tertiary/aromatic N) is 1. The Balaban J connectivity index is 1.42. The van der Waals surface area contributed by atoms with Crippen LogP contribution >= 0.6 is 0 Å². The first-order chi connectivity index (χ1) is 14.1. The summed E-state index contributed by atoms with van der Waals surface area (Å²) in [6, 6.07) is 11.5. The van der Waals surface area contributed by atoms with Crippen molar-refractivity contribution in [3.63, 3.8) is 0 Å². The second kappa shape index (κ2) is 8.30. The van der Waals surface area contributed by atoms with E-state index in [1.807, 2.05) is 0 Å². The van der Waals surface area contributed by atoms with Gasteiger partial charge in [0.15, 0.2) is 11.5 Å². The molecule has 0 aromatic heterocycles. The van der Waals surface area contributed by atoms with Gasteiger partial charge >= 0.3 is 6.03 Å². The Morgan fingerprint density at radius 1 is 1.03 bits per heavy atom. The van der Waals surface area contributed by atoms with Gasteiger partial charge in [0.1, 0.15) is 25.0 Å². The van der Waals surface area contributed by atoms with E-state index in [1.165, 1.54) is 0 Å². The number of likely N-dealkylation sites (tertiary alicyclic amines) is 1. The number of hydrogen-bond acceptors (Lipinski definition) is 5. The number of urea groups is 1. The van der Waals surface area contributed by atoms with Crippen molar-refractivity contribution in [2.75, 3.05) is 37.5 Å². The highest BCUT2D eigenvalue weighted by atomic mass is 16.6. The number of methoxy groups -OCH3 is 1. The molecule has 2 N–H and O–H groups in total. The minimum atomic E-state index is -0.534. The van der Waals surface area contributed by atoms with Gasteiger partial charge in [0.2, 0.25) is 5.91 Å². The van der Waals surface area contributed by atoms with Crippen LogP contribution in [0.25, 0.3) is 0 Å². The summed E-state index contributed by atoms with van der Waals surface area (Å²) in [6.45, 7) is 1.51. The molecule has 3 amide bonds. The molecule has 4 rings (SSSR count). The maximum Gasteiger partial charge on any atom is 0.322 e. The number of benzene rings is 2. The predicted octanol–water partition coefficient (Wildman–Crippen LogP) is 3.10. The lowest BCUT2D eigenvalue weighted by Crippen LogP contribution is -2.45. The maximum atomic E-state index is 12.8. The van der Waals surface area contributed by atoms with Crippen molar-refractivity contribution >= 4 is 23.3 Å². The Bertz CT molecular complexity index is 917. The van der Waals surface area contributed by atoms with Gasteiger partial charge in [-0.05, 0) is 37.1 Å². The van der Waals surface area contributed by atoms with Gasteiger partial charge in [-0.3, -0.25) is 4.79 Å². The molecule has 2 heterocycles. The Morgan fingerprint density at radius 3 is 2.66 bits per heavy atom. The smallest absolute Gasteiger partial charge is 0.322 e. The fourth-order valence-corrected chi connectivity index (χ4v) is 3.53. The average molecular weight is 397 g/mol. The zero-order chi connectivity index (χ0) is 20.2. The molecule has 8 nitrogen and oxygen atoms in total. The molecule has 1 atom stereocenters. The number of ether oxygens (including phenoxy) is 3. The molecule has 152 valence electrons. The van der Waals surface area contributed by atoms with E-state index in [0.29, 0.717) is 54.8 Å². The molecule has 2 aliphatic rings. The van der Waals surface area contributed by atoms with Gasteiger partial charge in [-0.1, -0.05) is 6.07 Å². The highest BCUT2D eigenvalue weighted by molar-refractivity contribution is 5.99. The summed E-state index contributed by atoms with van der Waals surface area (Å²) >= 11 is 0. The zero-order valence-corrected chi connectivity index (χ0v) is 16.1. The first-order valence-electron chi connectivity index (χ1n) is 9.56. The number of carbonyl (C=O) groups is 2. The largest absolute Gasteiger partial charge is 0.497 e. The Hall–Kier alpha value is -3.42. The van der Waals surface area contributed by atoms with E-state index in [-0.39, 0.29) is 11.9 Å². The third kappa shape index (κ3) is 4.21. The molecule has 29 heavy (non-hydrogen) atoms. The summed E-state index contributed by atoms with van der Waals surface area (Å²) in [7, 11) is 1.57. The normalized spacial score (nSPS) is 17.6. The summed E-state index contributed by atoms with van der Waals surface area (Å²) in [5, 5.41) is 5.72. The Labute approximate surface area is 168 Å². The molecular weight excluding hydrogens is 374 g/mol. The van der Waals surface area contributed by atoms with E-state index in [4.69, 9.17) is 14.2 Å². The Kier molecular flexibility index (Phi) is 5.41. The molecule has 0 radical (unpaired) electrons. The molecule has 0 saturated carbocycles. The number of rotatable bonds is 4. The number of carbonyl (C=O) groups excluding carboxylic acids is 2. The monoisotopic (exact) mass is 397 g/mol. The van der Waals surface area contributed by atoms with Crippen molar-refractivity contribution in [2.24, 2.45) is 0 Å². The van der Waals surface area contributed by atoms with E-state index in [0.717, 1.165) is 6.42 Å². The van der Waals surface area contributed by atoms with Gasteiger partial charge in [-0.25, -0.2) is 4.79 Å². The van der Waals surface area contributed by atoms with E-state index < -0.39 is 6.04 Å². The van der Waals surface area contributed by atoms with Crippen LogP contribution < -0.4 is 24.8 Å². The van der Waals surface area contributed by atoms with Crippen LogP contribution in [0.15, 0.2) is 42.5 Å². The lowest BCUT2D eigenvalue weighted by atomic mass is 10.2. The van der Waals surface area contributed by atoms with Gasteiger partial charge in [0.05, 0.1) is 7.11 Å². The van der Waals surface area contributed by atoms with Crippen LogP contribution in [0, 0.1) is 0 Å². The summed E-state index contributed by atoms with van der Waals surface area (Å²) in [4.78, 5) is 27.1. The quantitative estimate of drug-likeness (QED) is 0.828. The topological polar surface area (TPSA) is 89.1 Å². The minimum Gasteiger partial charge on any atom is -0.497 e. The number of fused-ring (bicyclic) bond motifs is 1. The molecule has 8 heteroatoms.